The van der Waals surface area contributed by atoms with E-state index in [9.17, 15) is 4.79 Å². The van der Waals surface area contributed by atoms with Crippen LogP contribution in [-0.4, -0.2) is 33.7 Å². The monoisotopic (exact) mass is 374 g/mol. The number of nitrogens with zero attached hydrogens (tertiary/aromatic N) is 2. The minimum atomic E-state index is 0.0499. The Morgan fingerprint density at radius 3 is 2.89 bits per heavy atom. The number of pyridine rings is 1. The van der Waals surface area contributed by atoms with Crippen molar-refractivity contribution in [3.05, 3.63) is 28.5 Å². The summed E-state index contributed by atoms with van der Waals surface area (Å²) in [5.41, 5.74) is 0.533. The van der Waals surface area contributed by atoms with Gasteiger partial charge in [0.2, 0.25) is 0 Å². The van der Waals surface area contributed by atoms with Gasteiger partial charge in [0.05, 0.1) is 0 Å². The molecule has 0 N–H and O–H groups in total. The Bertz CT molecular complexity index is 408. The zero-order valence-electron chi connectivity index (χ0n) is 10.1. The molecule has 98 valence electrons. The average molecular weight is 376 g/mol. The SMILES string of the molecule is O=C(c1ccc(Br)cn1)N1CCCCCC1CBr. The van der Waals surface area contributed by atoms with E-state index >= 15 is 0 Å². The lowest BCUT2D eigenvalue weighted by Gasteiger charge is -2.28. The first-order chi connectivity index (χ1) is 8.72. The van der Waals surface area contributed by atoms with E-state index in [-0.39, 0.29) is 5.91 Å². The van der Waals surface area contributed by atoms with Crippen LogP contribution in [0, 0.1) is 0 Å². The van der Waals surface area contributed by atoms with Gasteiger partial charge >= 0.3 is 0 Å². The molecule has 2 heterocycles. The fraction of sp³-hybridized carbons (Fsp3) is 0.538. The van der Waals surface area contributed by atoms with Crippen LogP contribution in [0.3, 0.4) is 0 Å². The smallest absolute Gasteiger partial charge is 0.272 e. The van der Waals surface area contributed by atoms with Crippen LogP contribution in [0.1, 0.15) is 36.2 Å². The summed E-state index contributed by atoms with van der Waals surface area (Å²) in [5.74, 6) is 0.0499. The highest BCUT2D eigenvalue weighted by Gasteiger charge is 2.26. The van der Waals surface area contributed by atoms with Crippen molar-refractivity contribution in [2.24, 2.45) is 0 Å². The fourth-order valence-corrected chi connectivity index (χ4v) is 3.16. The highest BCUT2D eigenvalue weighted by Crippen LogP contribution is 2.20. The van der Waals surface area contributed by atoms with E-state index in [1.165, 1.54) is 12.8 Å². The van der Waals surface area contributed by atoms with Crippen LogP contribution in [-0.2, 0) is 0 Å². The molecule has 5 heteroatoms. The van der Waals surface area contributed by atoms with Gasteiger partial charge in [0.15, 0.2) is 0 Å². The van der Waals surface area contributed by atoms with Crippen molar-refractivity contribution in [2.45, 2.75) is 31.7 Å². The first kappa shape index (κ1) is 14.0. The highest BCUT2D eigenvalue weighted by molar-refractivity contribution is 9.10. The Balaban J connectivity index is 2.17. The van der Waals surface area contributed by atoms with Crippen LogP contribution in [0.5, 0.6) is 0 Å². The molecular formula is C13H16Br2N2O. The Hall–Kier alpha value is -0.420. The molecule has 1 unspecified atom stereocenters. The van der Waals surface area contributed by atoms with Crippen molar-refractivity contribution >= 4 is 37.8 Å². The molecule has 1 aliphatic heterocycles. The summed E-state index contributed by atoms with van der Waals surface area (Å²) < 4.78 is 0.895. The molecule has 1 atom stereocenters. The van der Waals surface area contributed by atoms with Gasteiger partial charge in [-0.2, -0.15) is 0 Å². The molecule has 0 aliphatic carbocycles. The van der Waals surface area contributed by atoms with Crippen LogP contribution in [0.25, 0.3) is 0 Å². The number of alkyl halides is 1. The Morgan fingerprint density at radius 1 is 1.39 bits per heavy atom. The van der Waals surface area contributed by atoms with Crippen LogP contribution >= 0.6 is 31.9 Å². The third-order valence-corrected chi connectivity index (χ3v) is 4.48. The van der Waals surface area contributed by atoms with Gasteiger partial charge in [-0.3, -0.25) is 4.79 Å². The standard InChI is InChI=1S/C13H16Br2N2O/c14-8-11-4-2-1-3-7-17(11)13(18)12-6-5-10(15)9-16-12/h5-6,9,11H,1-4,7-8H2. The second-order valence-electron chi connectivity index (χ2n) is 4.52. The minimum Gasteiger partial charge on any atom is -0.333 e. The maximum atomic E-state index is 12.5. The largest absolute Gasteiger partial charge is 0.333 e. The van der Waals surface area contributed by atoms with E-state index in [4.69, 9.17) is 0 Å². The fourth-order valence-electron chi connectivity index (χ4n) is 2.25. The molecule has 2 rings (SSSR count). The molecule has 1 saturated heterocycles. The molecule has 18 heavy (non-hydrogen) atoms. The number of halogens is 2. The minimum absolute atomic E-state index is 0.0499. The summed E-state index contributed by atoms with van der Waals surface area (Å²) >= 11 is 6.85. The predicted molar refractivity (Wildman–Crippen MR) is 79.0 cm³/mol. The van der Waals surface area contributed by atoms with Crippen molar-refractivity contribution in [1.29, 1.82) is 0 Å². The zero-order valence-corrected chi connectivity index (χ0v) is 13.3. The molecule has 0 saturated carbocycles. The first-order valence-corrected chi connectivity index (χ1v) is 8.12. The van der Waals surface area contributed by atoms with Gasteiger partial charge in [0, 0.05) is 28.6 Å². The molecule has 1 fully saturated rings. The predicted octanol–water partition coefficient (Wildman–Crippen LogP) is 3.62. The Kier molecular flexibility index (Phi) is 5.18. The average Bonchev–Trinajstić information content (AvgIpc) is 2.63. The molecule has 1 aromatic heterocycles. The third-order valence-electron chi connectivity index (χ3n) is 3.26. The molecule has 0 bridgehead atoms. The molecule has 0 radical (unpaired) electrons. The zero-order chi connectivity index (χ0) is 13.0. The summed E-state index contributed by atoms with van der Waals surface area (Å²) in [6.07, 6.45) is 6.25. The van der Waals surface area contributed by atoms with Crippen LogP contribution in [0.15, 0.2) is 22.8 Å². The number of carbonyl (C=O) groups excluding carboxylic acids is 1. The summed E-state index contributed by atoms with van der Waals surface area (Å²) in [6, 6.07) is 3.94. The number of likely N-dealkylation sites (tertiary alicyclic amines) is 1. The van der Waals surface area contributed by atoms with E-state index < -0.39 is 0 Å². The van der Waals surface area contributed by atoms with Gasteiger partial charge in [-0.25, -0.2) is 4.98 Å². The molecule has 0 aromatic carbocycles. The lowest BCUT2D eigenvalue weighted by Crippen LogP contribution is -2.41. The summed E-state index contributed by atoms with van der Waals surface area (Å²) in [5, 5.41) is 0.843. The number of hydrogen-bond donors (Lipinski definition) is 0. The van der Waals surface area contributed by atoms with Crippen LogP contribution in [0.2, 0.25) is 0 Å². The number of amides is 1. The second kappa shape index (κ2) is 6.66. The van der Waals surface area contributed by atoms with Crippen LogP contribution < -0.4 is 0 Å². The van der Waals surface area contributed by atoms with Gasteiger partial charge < -0.3 is 4.90 Å². The number of carbonyl (C=O) groups is 1. The van der Waals surface area contributed by atoms with Gasteiger partial charge in [-0.1, -0.05) is 28.8 Å². The van der Waals surface area contributed by atoms with E-state index in [1.54, 1.807) is 12.3 Å². The van der Waals surface area contributed by atoms with Crippen molar-refractivity contribution in [1.82, 2.24) is 9.88 Å². The van der Waals surface area contributed by atoms with E-state index in [1.807, 2.05) is 11.0 Å². The van der Waals surface area contributed by atoms with Gasteiger partial charge in [-0.05, 0) is 40.9 Å². The molecule has 1 amide bonds. The maximum absolute atomic E-state index is 12.5. The normalized spacial score (nSPS) is 20.6. The van der Waals surface area contributed by atoms with E-state index in [0.29, 0.717) is 11.7 Å². The third kappa shape index (κ3) is 3.32. The van der Waals surface area contributed by atoms with Crippen molar-refractivity contribution in [3.8, 4) is 0 Å². The highest BCUT2D eigenvalue weighted by atomic mass is 79.9. The molecular weight excluding hydrogens is 360 g/mol. The lowest BCUT2D eigenvalue weighted by molar-refractivity contribution is 0.0696. The number of aromatic nitrogens is 1. The van der Waals surface area contributed by atoms with Gasteiger partial charge in [0.1, 0.15) is 5.69 Å². The summed E-state index contributed by atoms with van der Waals surface area (Å²) in [6.45, 7) is 0.840. The van der Waals surface area contributed by atoms with Gasteiger partial charge in [-0.15, -0.1) is 0 Å². The molecule has 3 nitrogen and oxygen atoms in total. The lowest BCUT2D eigenvalue weighted by atomic mass is 10.1. The number of rotatable bonds is 2. The van der Waals surface area contributed by atoms with E-state index in [2.05, 4.69) is 36.8 Å². The maximum Gasteiger partial charge on any atom is 0.272 e. The van der Waals surface area contributed by atoms with Crippen LogP contribution in [0.4, 0.5) is 0 Å². The Labute approximate surface area is 124 Å². The molecule has 0 spiro atoms. The quantitative estimate of drug-likeness (QED) is 0.739. The summed E-state index contributed by atoms with van der Waals surface area (Å²) in [7, 11) is 0. The number of hydrogen-bond acceptors (Lipinski definition) is 2. The second-order valence-corrected chi connectivity index (χ2v) is 6.08. The molecule has 1 aliphatic rings. The molecule has 1 aromatic rings. The Morgan fingerprint density at radius 2 is 2.22 bits per heavy atom. The van der Waals surface area contributed by atoms with Gasteiger partial charge in [0.25, 0.3) is 5.91 Å². The van der Waals surface area contributed by atoms with Crippen molar-refractivity contribution < 1.29 is 4.79 Å². The van der Waals surface area contributed by atoms with E-state index in [0.717, 1.165) is 29.2 Å². The topological polar surface area (TPSA) is 33.2 Å². The first-order valence-electron chi connectivity index (χ1n) is 6.21. The van der Waals surface area contributed by atoms with Crippen molar-refractivity contribution in [2.75, 3.05) is 11.9 Å². The summed E-state index contributed by atoms with van der Waals surface area (Å²) in [4.78, 5) is 18.6. The van der Waals surface area contributed by atoms with Crippen molar-refractivity contribution in [3.63, 3.8) is 0 Å².